The van der Waals surface area contributed by atoms with Gasteiger partial charge in [-0.2, -0.15) is 10.4 Å². The van der Waals surface area contributed by atoms with E-state index in [-0.39, 0.29) is 16.6 Å². The third kappa shape index (κ3) is 7.41. The minimum Gasteiger partial charge on any atom is -0.416 e. The molecule has 0 radical (unpaired) electrons. The minimum atomic E-state index is -1.95. The van der Waals surface area contributed by atoms with Crippen molar-refractivity contribution in [2.24, 2.45) is 5.92 Å². The first kappa shape index (κ1) is 33.1. The van der Waals surface area contributed by atoms with E-state index in [0.717, 1.165) is 46.7 Å². The number of fused-ring (bicyclic) bond motifs is 1. The number of hydrogen-bond donors (Lipinski definition) is 2. The quantitative estimate of drug-likeness (QED) is 0.224. The zero-order valence-corrected chi connectivity index (χ0v) is 29.2. The Bertz CT molecular complexity index is 1540. The van der Waals surface area contributed by atoms with E-state index in [1.165, 1.54) is 0 Å². The zero-order valence-electron chi connectivity index (χ0n) is 28.2. The molecule has 1 saturated heterocycles. The van der Waals surface area contributed by atoms with E-state index in [1.54, 1.807) is 6.20 Å². The van der Waals surface area contributed by atoms with Crippen LogP contribution in [0.4, 0.5) is 17.3 Å². The molecule has 11 heteroatoms. The summed E-state index contributed by atoms with van der Waals surface area (Å²) in [5.74, 6) is 1.04. The summed E-state index contributed by atoms with van der Waals surface area (Å²) in [6.45, 7) is 21.8. The minimum absolute atomic E-state index is 0.0227. The fourth-order valence-electron chi connectivity index (χ4n) is 5.50. The highest BCUT2D eigenvalue weighted by Crippen LogP contribution is 2.44. The molecule has 0 amide bonds. The molecule has 2 aliphatic heterocycles. The molecule has 1 fully saturated rings. The van der Waals surface area contributed by atoms with E-state index in [2.05, 4.69) is 82.4 Å². The SMILES string of the molecule is CC(C)CCc1c(Nc2nccc(-c3cc(C#N)c4c(c3)[C@@](C)(CO[Si](C)(C)C(C)(C)C)CN4)n2)cnn1C[C@@H]1COCCO1. The third-order valence-electron chi connectivity index (χ3n) is 9.49. The van der Waals surface area contributed by atoms with E-state index in [9.17, 15) is 5.26 Å². The van der Waals surface area contributed by atoms with E-state index in [4.69, 9.17) is 24.0 Å². The molecule has 3 aromatic rings. The smallest absolute Gasteiger partial charge is 0.227 e. The van der Waals surface area contributed by atoms with Gasteiger partial charge in [-0.05, 0) is 60.7 Å². The van der Waals surface area contributed by atoms with Gasteiger partial charge in [0.25, 0.3) is 0 Å². The van der Waals surface area contributed by atoms with Crippen LogP contribution >= 0.6 is 0 Å². The van der Waals surface area contributed by atoms with Crippen LogP contribution in [0.15, 0.2) is 30.6 Å². The molecule has 2 aromatic heterocycles. The summed E-state index contributed by atoms with van der Waals surface area (Å²) in [6, 6.07) is 8.38. The molecular weight excluding hydrogens is 583 g/mol. The molecule has 2 atom stereocenters. The number of nitrogens with one attached hydrogen (secondary N) is 2. The number of rotatable bonds is 11. The lowest BCUT2D eigenvalue weighted by molar-refractivity contribution is -0.0948. The van der Waals surface area contributed by atoms with E-state index in [1.807, 2.05) is 23.0 Å². The number of nitriles is 1. The van der Waals surface area contributed by atoms with Gasteiger partial charge in [-0.25, -0.2) is 9.97 Å². The number of anilines is 3. The van der Waals surface area contributed by atoms with Crippen LogP contribution in [0.2, 0.25) is 18.1 Å². The van der Waals surface area contributed by atoms with Crippen molar-refractivity contribution in [1.29, 1.82) is 5.26 Å². The molecule has 0 unspecified atom stereocenters. The Morgan fingerprint density at radius 2 is 2.07 bits per heavy atom. The molecule has 45 heavy (non-hydrogen) atoms. The van der Waals surface area contributed by atoms with E-state index >= 15 is 0 Å². The normalized spacial score (nSPS) is 20.1. The average molecular weight is 632 g/mol. The van der Waals surface area contributed by atoms with Crippen molar-refractivity contribution in [2.45, 2.75) is 90.6 Å². The van der Waals surface area contributed by atoms with Crippen molar-refractivity contribution in [1.82, 2.24) is 19.7 Å². The Hall–Kier alpha value is -3.30. The van der Waals surface area contributed by atoms with Gasteiger partial charge in [-0.15, -0.1) is 0 Å². The molecule has 1 aromatic carbocycles. The number of hydrogen-bond acceptors (Lipinski definition) is 9. The topological polar surface area (TPSA) is 119 Å². The number of nitrogens with zero attached hydrogens (tertiary/aromatic N) is 5. The summed E-state index contributed by atoms with van der Waals surface area (Å²) in [5.41, 5.74) is 5.93. The molecule has 10 nitrogen and oxygen atoms in total. The Kier molecular flexibility index (Phi) is 9.70. The van der Waals surface area contributed by atoms with E-state index in [0.29, 0.717) is 56.9 Å². The number of aromatic nitrogens is 4. The Labute approximate surface area is 269 Å². The van der Waals surface area contributed by atoms with Crippen LogP contribution in [0.25, 0.3) is 11.3 Å². The zero-order chi connectivity index (χ0) is 32.4. The highest BCUT2D eigenvalue weighted by atomic mass is 28.4. The molecule has 0 saturated carbocycles. The van der Waals surface area contributed by atoms with Crippen molar-refractivity contribution in [3.8, 4) is 17.3 Å². The predicted octanol–water partition coefficient (Wildman–Crippen LogP) is 6.66. The van der Waals surface area contributed by atoms with Crippen molar-refractivity contribution < 1.29 is 13.9 Å². The Morgan fingerprint density at radius 3 is 2.76 bits per heavy atom. The first-order chi connectivity index (χ1) is 21.3. The largest absolute Gasteiger partial charge is 0.416 e. The first-order valence-corrected chi connectivity index (χ1v) is 19.0. The van der Waals surface area contributed by atoms with E-state index < -0.39 is 8.32 Å². The van der Waals surface area contributed by atoms with Gasteiger partial charge in [0.05, 0.1) is 60.9 Å². The number of ether oxygens (including phenoxy) is 2. The molecule has 5 rings (SSSR count). The molecule has 4 heterocycles. The molecule has 2 aliphatic rings. The maximum atomic E-state index is 10.1. The van der Waals surface area contributed by atoms with Gasteiger partial charge < -0.3 is 24.5 Å². The van der Waals surface area contributed by atoms with Crippen LogP contribution in [0.3, 0.4) is 0 Å². The lowest BCUT2D eigenvalue weighted by Crippen LogP contribution is -2.45. The average Bonchev–Trinajstić information content (AvgIpc) is 3.54. The van der Waals surface area contributed by atoms with Crippen molar-refractivity contribution in [3.05, 3.63) is 47.4 Å². The van der Waals surface area contributed by atoms with Gasteiger partial charge in [0.1, 0.15) is 12.2 Å². The standard InChI is InChI=1S/C34H49N7O3Si/c1-23(2)9-10-30-29(18-38-41(30)19-26-20-42-13-14-43-26)40-32-36-12-11-28(39-32)24-15-25(17-35)31-27(16-24)34(6,21-37-31)22-44-45(7,8)33(3,4)5/h11-12,15-16,18,23,26,37H,9-10,13-14,19-22H2,1-8H3,(H,36,39,40)/t26-,34-/m1/s1. The molecule has 242 valence electrons. The van der Waals surface area contributed by atoms with Gasteiger partial charge in [-0.3, -0.25) is 4.68 Å². The first-order valence-electron chi connectivity index (χ1n) is 16.1. The Morgan fingerprint density at radius 1 is 1.27 bits per heavy atom. The van der Waals surface area contributed by atoms with Gasteiger partial charge in [-0.1, -0.05) is 41.5 Å². The van der Waals surface area contributed by atoms with Crippen molar-refractivity contribution in [3.63, 3.8) is 0 Å². The monoisotopic (exact) mass is 631 g/mol. The molecule has 0 aliphatic carbocycles. The summed E-state index contributed by atoms with van der Waals surface area (Å²) >= 11 is 0. The van der Waals surface area contributed by atoms with Crippen LogP contribution in [0, 0.1) is 17.2 Å². The lowest BCUT2D eigenvalue weighted by atomic mass is 9.83. The number of benzene rings is 1. The van der Waals surface area contributed by atoms with Crippen LogP contribution in [-0.2, 0) is 32.3 Å². The fraction of sp³-hybridized carbons (Fsp3) is 0.588. The maximum Gasteiger partial charge on any atom is 0.227 e. The third-order valence-corrected chi connectivity index (χ3v) is 14.0. The van der Waals surface area contributed by atoms with Crippen LogP contribution in [0.5, 0.6) is 0 Å². The Balaban J connectivity index is 1.42. The molecular formula is C34H49N7O3Si. The van der Waals surface area contributed by atoms with Crippen molar-refractivity contribution >= 4 is 25.6 Å². The summed E-state index contributed by atoms with van der Waals surface area (Å²) in [5, 5.41) is 21.9. The summed E-state index contributed by atoms with van der Waals surface area (Å²) in [6.07, 6.45) is 5.48. The maximum absolute atomic E-state index is 10.1. The predicted molar refractivity (Wildman–Crippen MR) is 180 cm³/mol. The lowest BCUT2D eigenvalue weighted by Gasteiger charge is -2.39. The highest BCUT2D eigenvalue weighted by molar-refractivity contribution is 6.74. The second-order valence-electron chi connectivity index (χ2n) is 14.6. The van der Waals surface area contributed by atoms with Crippen LogP contribution in [0.1, 0.15) is 64.8 Å². The molecule has 0 spiro atoms. The second kappa shape index (κ2) is 13.2. The fourth-order valence-corrected chi connectivity index (χ4v) is 6.62. The van der Waals surface area contributed by atoms with Gasteiger partial charge in [0.15, 0.2) is 8.32 Å². The summed E-state index contributed by atoms with van der Waals surface area (Å²) in [7, 11) is -1.95. The second-order valence-corrected chi connectivity index (χ2v) is 19.4. The summed E-state index contributed by atoms with van der Waals surface area (Å²) in [4.78, 5) is 9.46. The van der Waals surface area contributed by atoms with Crippen LogP contribution < -0.4 is 10.6 Å². The molecule has 2 N–H and O–H groups in total. The summed E-state index contributed by atoms with van der Waals surface area (Å²) < 4.78 is 20.2. The van der Waals surface area contributed by atoms with Crippen LogP contribution in [-0.4, -0.2) is 67.1 Å². The van der Waals surface area contributed by atoms with Gasteiger partial charge >= 0.3 is 0 Å². The van der Waals surface area contributed by atoms with Gasteiger partial charge in [0, 0.05) is 30.3 Å². The molecule has 0 bridgehead atoms. The highest BCUT2D eigenvalue weighted by Gasteiger charge is 2.42. The van der Waals surface area contributed by atoms with Gasteiger partial charge in [0.2, 0.25) is 5.95 Å². The van der Waals surface area contributed by atoms with Crippen molar-refractivity contribution in [2.75, 3.05) is 43.6 Å².